The number of para-hydroxylation sites is 1. The molecule has 0 saturated carbocycles. The molecule has 1 amide bonds. The molecule has 0 unspecified atom stereocenters. The van der Waals surface area contributed by atoms with E-state index in [1.54, 1.807) is 36.1 Å². The number of carbonyl (C=O) groups excluding carboxylic acids is 1. The molecule has 0 aromatic heterocycles. The van der Waals surface area contributed by atoms with Crippen LogP contribution in [0, 0.1) is 12.7 Å². The smallest absolute Gasteiger partial charge is 0.258 e. The lowest BCUT2D eigenvalue weighted by molar-refractivity contribution is 0.102. The topological polar surface area (TPSA) is 32.3 Å². The molecule has 0 aliphatic heterocycles. The quantitative estimate of drug-likeness (QED) is 0.925. The van der Waals surface area contributed by atoms with Crippen LogP contribution in [0.1, 0.15) is 15.9 Å². The molecule has 0 spiro atoms. The van der Waals surface area contributed by atoms with Crippen molar-refractivity contribution in [2.24, 2.45) is 0 Å². The number of amides is 1. The van der Waals surface area contributed by atoms with Gasteiger partial charge in [-0.15, -0.1) is 0 Å². The van der Waals surface area contributed by atoms with Crippen molar-refractivity contribution in [3.05, 3.63) is 58.4 Å². The van der Waals surface area contributed by atoms with Gasteiger partial charge in [0.05, 0.1) is 22.0 Å². The Bertz CT molecular complexity index is 686. The van der Waals surface area contributed by atoms with E-state index in [9.17, 15) is 9.18 Å². The first-order valence-electron chi connectivity index (χ1n) is 6.43. The first-order chi connectivity index (χ1) is 9.90. The third-order valence-corrected chi connectivity index (χ3v) is 3.35. The van der Waals surface area contributed by atoms with Crippen LogP contribution in [-0.2, 0) is 0 Å². The number of nitrogens with one attached hydrogen (secondary N) is 1. The summed E-state index contributed by atoms with van der Waals surface area (Å²) < 4.78 is 13.8. The second-order valence-corrected chi connectivity index (χ2v) is 5.38. The molecular formula is C16H16ClFN2O. The van der Waals surface area contributed by atoms with Crippen LogP contribution >= 0.6 is 11.6 Å². The van der Waals surface area contributed by atoms with Gasteiger partial charge in [0.15, 0.2) is 0 Å². The Labute approximate surface area is 128 Å². The fourth-order valence-electron chi connectivity index (χ4n) is 2.07. The van der Waals surface area contributed by atoms with Gasteiger partial charge in [0.1, 0.15) is 5.82 Å². The number of anilines is 2. The fourth-order valence-corrected chi connectivity index (χ4v) is 2.42. The van der Waals surface area contributed by atoms with Crippen LogP contribution in [0.15, 0.2) is 36.4 Å². The molecular weight excluding hydrogens is 291 g/mol. The summed E-state index contributed by atoms with van der Waals surface area (Å²) in [4.78, 5) is 14.1. The Morgan fingerprint density at radius 2 is 1.95 bits per heavy atom. The second kappa shape index (κ2) is 6.14. The second-order valence-electron chi connectivity index (χ2n) is 4.97. The van der Waals surface area contributed by atoms with Gasteiger partial charge in [-0.25, -0.2) is 4.39 Å². The normalized spacial score (nSPS) is 10.3. The van der Waals surface area contributed by atoms with Gasteiger partial charge in [-0.2, -0.15) is 0 Å². The predicted octanol–water partition coefficient (Wildman–Crippen LogP) is 4.11. The number of halogens is 2. The van der Waals surface area contributed by atoms with Crippen LogP contribution in [0.25, 0.3) is 0 Å². The van der Waals surface area contributed by atoms with Crippen molar-refractivity contribution in [2.45, 2.75) is 6.92 Å². The number of benzene rings is 2. The zero-order chi connectivity index (χ0) is 15.6. The van der Waals surface area contributed by atoms with Gasteiger partial charge in [0, 0.05) is 14.1 Å². The molecule has 110 valence electrons. The summed E-state index contributed by atoms with van der Waals surface area (Å²) in [6, 6.07) is 9.63. The number of hydrogen-bond donors (Lipinski definition) is 1. The van der Waals surface area contributed by atoms with Gasteiger partial charge in [-0.3, -0.25) is 4.79 Å². The van der Waals surface area contributed by atoms with Crippen molar-refractivity contribution >= 4 is 28.9 Å². The van der Waals surface area contributed by atoms with Gasteiger partial charge >= 0.3 is 0 Å². The molecule has 0 saturated heterocycles. The van der Waals surface area contributed by atoms with Crippen LogP contribution in [0.4, 0.5) is 15.8 Å². The number of nitrogens with zero attached hydrogens (tertiary/aromatic N) is 1. The van der Waals surface area contributed by atoms with E-state index < -0.39 is 11.7 Å². The van der Waals surface area contributed by atoms with Crippen molar-refractivity contribution < 1.29 is 9.18 Å². The summed E-state index contributed by atoms with van der Waals surface area (Å²) in [7, 11) is 3.65. The fraction of sp³-hybridized carbons (Fsp3) is 0.188. The van der Waals surface area contributed by atoms with Gasteiger partial charge in [-0.1, -0.05) is 29.3 Å². The molecule has 2 aromatic carbocycles. The van der Waals surface area contributed by atoms with Crippen LogP contribution in [0.2, 0.25) is 5.02 Å². The molecule has 0 fully saturated rings. The van der Waals surface area contributed by atoms with Crippen molar-refractivity contribution in [2.75, 3.05) is 24.3 Å². The van der Waals surface area contributed by atoms with Crippen molar-refractivity contribution in [3.63, 3.8) is 0 Å². The Morgan fingerprint density at radius 3 is 2.62 bits per heavy atom. The minimum Gasteiger partial charge on any atom is -0.375 e. The highest BCUT2D eigenvalue weighted by Crippen LogP contribution is 2.32. The summed E-state index contributed by atoms with van der Waals surface area (Å²) >= 11 is 6.14. The maximum Gasteiger partial charge on any atom is 0.258 e. The summed E-state index contributed by atoms with van der Waals surface area (Å²) in [6.07, 6.45) is 0. The van der Waals surface area contributed by atoms with Crippen molar-refractivity contribution in [1.29, 1.82) is 0 Å². The van der Waals surface area contributed by atoms with Gasteiger partial charge in [-0.05, 0) is 31.2 Å². The zero-order valence-corrected chi connectivity index (χ0v) is 12.8. The number of rotatable bonds is 3. The molecule has 0 atom stereocenters. The molecule has 3 nitrogen and oxygen atoms in total. The van der Waals surface area contributed by atoms with E-state index in [0.29, 0.717) is 16.4 Å². The predicted molar refractivity (Wildman–Crippen MR) is 84.9 cm³/mol. The van der Waals surface area contributed by atoms with Gasteiger partial charge < -0.3 is 10.2 Å². The Hall–Kier alpha value is -2.07. The highest BCUT2D eigenvalue weighted by Gasteiger charge is 2.15. The van der Waals surface area contributed by atoms with Crippen molar-refractivity contribution in [1.82, 2.24) is 0 Å². The molecule has 0 bridgehead atoms. The van der Waals surface area contributed by atoms with Gasteiger partial charge in [0.25, 0.3) is 5.91 Å². The SMILES string of the molecule is Cc1ccc(F)c(C(=O)Nc2cccc(Cl)c2N(C)C)c1. The Kier molecular flexibility index (Phi) is 4.48. The van der Waals surface area contributed by atoms with E-state index in [1.807, 2.05) is 14.1 Å². The number of carbonyl (C=O) groups is 1. The van der Waals surface area contributed by atoms with E-state index >= 15 is 0 Å². The van der Waals surface area contributed by atoms with Gasteiger partial charge in [0.2, 0.25) is 0 Å². The largest absolute Gasteiger partial charge is 0.375 e. The average molecular weight is 307 g/mol. The van der Waals surface area contributed by atoms with Crippen LogP contribution in [-0.4, -0.2) is 20.0 Å². The maximum absolute atomic E-state index is 13.8. The van der Waals surface area contributed by atoms with Crippen LogP contribution < -0.4 is 10.2 Å². The number of aryl methyl sites for hydroxylation is 1. The molecule has 21 heavy (non-hydrogen) atoms. The lowest BCUT2D eigenvalue weighted by Crippen LogP contribution is -2.18. The first-order valence-corrected chi connectivity index (χ1v) is 6.81. The summed E-state index contributed by atoms with van der Waals surface area (Å²) in [5.74, 6) is -1.05. The van der Waals surface area contributed by atoms with E-state index in [2.05, 4.69) is 5.32 Å². The zero-order valence-electron chi connectivity index (χ0n) is 12.1. The first kappa shape index (κ1) is 15.3. The third-order valence-electron chi connectivity index (χ3n) is 3.05. The molecule has 2 aromatic rings. The monoisotopic (exact) mass is 306 g/mol. The van der Waals surface area contributed by atoms with E-state index in [0.717, 1.165) is 5.56 Å². The minimum absolute atomic E-state index is 0.0136. The highest BCUT2D eigenvalue weighted by atomic mass is 35.5. The standard InChI is InChI=1S/C16H16ClFN2O/c1-10-7-8-13(18)11(9-10)16(21)19-14-6-4-5-12(17)15(14)20(2)3/h4-9H,1-3H3,(H,19,21). The van der Waals surface area contributed by atoms with E-state index in [4.69, 9.17) is 11.6 Å². The van der Waals surface area contributed by atoms with E-state index in [-0.39, 0.29) is 5.56 Å². The molecule has 1 N–H and O–H groups in total. The molecule has 5 heteroatoms. The van der Waals surface area contributed by atoms with Crippen LogP contribution in [0.3, 0.4) is 0 Å². The molecule has 0 aliphatic carbocycles. The maximum atomic E-state index is 13.8. The van der Waals surface area contributed by atoms with Crippen LogP contribution in [0.5, 0.6) is 0 Å². The van der Waals surface area contributed by atoms with E-state index in [1.165, 1.54) is 12.1 Å². The Balaban J connectivity index is 2.36. The highest BCUT2D eigenvalue weighted by molar-refractivity contribution is 6.34. The molecule has 0 aliphatic rings. The molecule has 2 rings (SSSR count). The summed E-state index contributed by atoms with van der Waals surface area (Å²) in [6.45, 7) is 1.81. The van der Waals surface area contributed by atoms with Crippen molar-refractivity contribution in [3.8, 4) is 0 Å². The lowest BCUT2D eigenvalue weighted by Gasteiger charge is -2.19. The molecule has 0 radical (unpaired) electrons. The average Bonchev–Trinajstić information content (AvgIpc) is 2.41. The minimum atomic E-state index is -0.550. The lowest BCUT2D eigenvalue weighted by atomic mass is 10.1. The molecule has 0 heterocycles. The summed E-state index contributed by atoms with van der Waals surface area (Å²) in [5, 5.41) is 3.23. The third kappa shape index (κ3) is 3.34. The Morgan fingerprint density at radius 1 is 1.24 bits per heavy atom. The summed E-state index contributed by atoms with van der Waals surface area (Å²) in [5.41, 5.74) is 2.05. The number of hydrogen-bond acceptors (Lipinski definition) is 2.